The number of anilines is 2. The maximum absolute atomic E-state index is 12.0. The second-order valence-electron chi connectivity index (χ2n) is 8.18. The van der Waals surface area contributed by atoms with E-state index in [0.29, 0.717) is 11.4 Å². The molecule has 43 heavy (non-hydrogen) atoms. The molecule has 0 fully saturated rings. The van der Waals surface area contributed by atoms with E-state index in [1.165, 1.54) is 97.1 Å². The Kier molecular flexibility index (Phi) is 11.8. The van der Waals surface area contributed by atoms with Gasteiger partial charge in [-0.1, -0.05) is 36.4 Å². The molecule has 0 saturated carbocycles. The van der Waals surface area contributed by atoms with Crippen LogP contribution < -0.4 is 20.8 Å². The molecule has 4 aromatic carbocycles. The second-order valence-corrected chi connectivity index (χ2v) is 8.18. The van der Waals surface area contributed by atoms with Crippen molar-refractivity contribution in [3.05, 3.63) is 140 Å². The van der Waals surface area contributed by atoms with Gasteiger partial charge in [-0.25, -0.2) is 0 Å². The number of carboxylic acids is 2. The third kappa shape index (κ3) is 9.09. The quantitative estimate of drug-likeness (QED) is 0.163. The number of aromatic carboxylic acids is 2. The molecular formula is C28H18N4O10Zn. The Morgan fingerprint density at radius 3 is 1.02 bits per heavy atom. The van der Waals surface area contributed by atoms with Gasteiger partial charge >= 0.3 is 19.5 Å². The van der Waals surface area contributed by atoms with Crippen molar-refractivity contribution in [2.75, 3.05) is 10.6 Å². The summed E-state index contributed by atoms with van der Waals surface area (Å²) in [7, 11) is 0. The van der Waals surface area contributed by atoms with Gasteiger partial charge in [-0.05, 0) is 36.4 Å². The number of hydrogen-bond donors (Lipinski definition) is 2. The van der Waals surface area contributed by atoms with Gasteiger partial charge in [0.25, 0.3) is 23.2 Å². The summed E-state index contributed by atoms with van der Waals surface area (Å²) >= 11 is 0. The standard InChI is InChI=1S/2C14H10N2O5.Zn/c2*17-13(11-3-1-2-4-12(11)14(18)19)15-9-5-7-10(8-6-9)16(20)21;/h2*1-8H,(H,15,17)(H,18,19);/q;;+2/p-2. The van der Waals surface area contributed by atoms with Crippen molar-refractivity contribution in [1.29, 1.82) is 0 Å². The van der Waals surface area contributed by atoms with Gasteiger partial charge in [0.05, 0.1) is 21.8 Å². The summed E-state index contributed by atoms with van der Waals surface area (Å²) < 4.78 is 0. The van der Waals surface area contributed by atoms with Gasteiger partial charge < -0.3 is 30.4 Å². The number of carboxylic acid groups (broad SMARTS) is 2. The monoisotopic (exact) mass is 634 g/mol. The maximum atomic E-state index is 12.0. The zero-order valence-electron chi connectivity index (χ0n) is 21.9. The van der Waals surface area contributed by atoms with Crippen LogP contribution in [0.1, 0.15) is 41.4 Å². The summed E-state index contributed by atoms with van der Waals surface area (Å²) in [4.78, 5) is 65.8. The van der Waals surface area contributed by atoms with E-state index < -0.39 is 33.6 Å². The number of carbonyl (C=O) groups excluding carboxylic acids is 4. The van der Waals surface area contributed by atoms with Crippen molar-refractivity contribution in [2.24, 2.45) is 0 Å². The van der Waals surface area contributed by atoms with Crippen molar-refractivity contribution in [1.82, 2.24) is 0 Å². The minimum absolute atomic E-state index is 0. The largest absolute Gasteiger partial charge is 2.00 e. The first kappa shape index (κ1) is 33.4. The van der Waals surface area contributed by atoms with Crippen molar-refractivity contribution >= 4 is 46.5 Å². The molecule has 0 aromatic heterocycles. The van der Waals surface area contributed by atoms with Crippen LogP contribution in [-0.2, 0) is 19.5 Å². The van der Waals surface area contributed by atoms with Gasteiger partial charge in [-0.3, -0.25) is 29.8 Å². The van der Waals surface area contributed by atoms with Crippen LogP contribution in [0.3, 0.4) is 0 Å². The number of benzene rings is 4. The second kappa shape index (κ2) is 15.3. The number of nitro benzene ring substituents is 2. The minimum Gasteiger partial charge on any atom is -0.545 e. The Morgan fingerprint density at radius 2 is 0.767 bits per heavy atom. The first-order chi connectivity index (χ1) is 20.0. The van der Waals surface area contributed by atoms with Crippen LogP contribution in [0.2, 0.25) is 0 Å². The van der Waals surface area contributed by atoms with Crippen LogP contribution in [0.15, 0.2) is 97.1 Å². The Morgan fingerprint density at radius 1 is 0.488 bits per heavy atom. The summed E-state index contributed by atoms with van der Waals surface area (Å²) in [6, 6.07) is 21.6. The molecule has 15 heteroatoms. The molecule has 0 bridgehead atoms. The molecule has 14 nitrogen and oxygen atoms in total. The predicted octanol–water partition coefficient (Wildman–Crippen LogP) is 2.42. The molecule has 0 heterocycles. The Labute approximate surface area is 255 Å². The van der Waals surface area contributed by atoms with E-state index in [1.54, 1.807) is 0 Å². The van der Waals surface area contributed by atoms with Gasteiger partial charge in [-0.15, -0.1) is 0 Å². The van der Waals surface area contributed by atoms with Crippen LogP contribution in [0, 0.1) is 20.2 Å². The number of carbonyl (C=O) groups is 4. The molecule has 0 saturated heterocycles. The fourth-order valence-corrected chi connectivity index (χ4v) is 3.45. The van der Waals surface area contributed by atoms with E-state index in [0.717, 1.165) is 0 Å². The molecule has 0 atom stereocenters. The summed E-state index contributed by atoms with van der Waals surface area (Å²) in [6.07, 6.45) is 0. The minimum atomic E-state index is -1.45. The SMILES string of the molecule is O=C([O-])c1ccccc1C(=O)Nc1ccc([N+](=O)[O-])cc1.O=C([O-])c1ccccc1C(=O)Nc1ccc([N+](=O)[O-])cc1.[Zn+2]. The Hall–Kier alpha value is -5.82. The number of nitrogens with one attached hydrogen (secondary N) is 2. The van der Waals surface area contributed by atoms with Crippen LogP contribution in [-0.4, -0.2) is 33.6 Å². The van der Waals surface area contributed by atoms with E-state index >= 15 is 0 Å². The zero-order chi connectivity index (χ0) is 30.8. The first-order valence-corrected chi connectivity index (χ1v) is 11.7. The van der Waals surface area contributed by atoms with Crippen molar-refractivity contribution in [2.45, 2.75) is 0 Å². The number of nitrogens with zero attached hydrogens (tertiary/aromatic N) is 2. The van der Waals surface area contributed by atoms with E-state index in [4.69, 9.17) is 0 Å². The first-order valence-electron chi connectivity index (χ1n) is 11.7. The fraction of sp³-hybridized carbons (Fsp3) is 0. The van der Waals surface area contributed by atoms with Crippen molar-refractivity contribution < 1.29 is 58.7 Å². The van der Waals surface area contributed by atoms with Crippen LogP contribution >= 0.6 is 0 Å². The average Bonchev–Trinajstić information content (AvgIpc) is 2.98. The number of amides is 2. The summed E-state index contributed by atoms with van der Waals surface area (Å²) in [5, 5.41) is 47.8. The van der Waals surface area contributed by atoms with Gasteiger partial charge in [0.2, 0.25) is 0 Å². The van der Waals surface area contributed by atoms with Gasteiger partial charge in [0.1, 0.15) is 0 Å². The molecule has 0 spiro atoms. The number of nitro groups is 2. The number of hydrogen-bond acceptors (Lipinski definition) is 10. The summed E-state index contributed by atoms with van der Waals surface area (Å²) in [6.45, 7) is 0. The Balaban J connectivity index is 0.000000293. The summed E-state index contributed by atoms with van der Waals surface area (Å²) in [5.41, 5.74) is -0.121. The molecule has 0 unspecified atom stereocenters. The van der Waals surface area contributed by atoms with Crippen LogP contribution in [0.25, 0.3) is 0 Å². The number of non-ortho nitro benzene ring substituents is 2. The maximum Gasteiger partial charge on any atom is 2.00 e. The Bertz CT molecular complexity index is 1550. The molecule has 0 radical (unpaired) electrons. The number of rotatable bonds is 8. The van der Waals surface area contributed by atoms with E-state index in [-0.39, 0.29) is 53.1 Å². The van der Waals surface area contributed by atoms with Crippen LogP contribution in [0.4, 0.5) is 22.7 Å². The normalized spacial score (nSPS) is 9.67. The van der Waals surface area contributed by atoms with Crippen molar-refractivity contribution in [3.8, 4) is 0 Å². The topological polar surface area (TPSA) is 225 Å². The van der Waals surface area contributed by atoms with Crippen LogP contribution in [0.5, 0.6) is 0 Å². The smallest absolute Gasteiger partial charge is 0.545 e. The van der Waals surface area contributed by atoms with E-state index in [2.05, 4.69) is 10.6 Å². The molecule has 212 valence electrons. The van der Waals surface area contributed by atoms with Gasteiger partial charge in [-0.2, -0.15) is 0 Å². The van der Waals surface area contributed by atoms with Gasteiger partial charge in [0.15, 0.2) is 0 Å². The molecule has 0 aliphatic heterocycles. The molecule has 0 aliphatic rings. The molecule has 2 N–H and O–H groups in total. The van der Waals surface area contributed by atoms with Gasteiger partial charge in [0, 0.05) is 57.9 Å². The fourth-order valence-electron chi connectivity index (χ4n) is 3.45. The predicted molar refractivity (Wildman–Crippen MR) is 144 cm³/mol. The third-order valence-corrected chi connectivity index (χ3v) is 5.46. The zero-order valence-corrected chi connectivity index (χ0v) is 24.9. The van der Waals surface area contributed by atoms with E-state index in [9.17, 15) is 49.6 Å². The third-order valence-electron chi connectivity index (χ3n) is 5.46. The molecule has 2 amide bonds. The average molecular weight is 636 g/mol. The summed E-state index contributed by atoms with van der Waals surface area (Å²) in [5.74, 6) is -4.18. The molecule has 4 aromatic rings. The molecular weight excluding hydrogens is 618 g/mol. The molecule has 0 aliphatic carbocycles. The molecule has 4 rings (SSSR count). The van der Waals surface area contributed by atoms with E-state index in [1.807, 2.05) is 0 Å². The van der Waals surface area contributed by atoms with Crippen molar-refractivity contribution in [3.63, 3.8) is 0 Å².